The van der Waals surface area contributed by atoms with Gasteiger partial charge in [-0.25, -0.2) is 12.8 Å². The highest BCUT2D eigenvalue weighted by atomic mass is 32.2. The van der Waals surface area contributed by atoms with Crippen LogP contribution in [0.25, 0.3) is 0 Å². The first-order chi connectivity index (χ1) is 12.4. The van der Waals surface area contributed by atoms with Crippen LogP contribution in [0.1, 0.15) is 30.0 Å². The van der Waals surface area contributed by atoms with Crippen LogP contribution in [0.3, 0.4) is 0 Å². The monoisotopic (exact) mass is 379 g/mol. The van der Waals surface area contributed by atoms with E-state index in [1.54, 1.807) is 39.3 Å². The molecule has 140 valence electrons. The third-order valence-corrected chi connectivity index (χ3v) is 6.65. The van der Waals surface area contributed by atoms with Crippen molar-refractivity contribution in [3.63, 3.8) is 0 Å². The van der Waals surface area contributed by atoms with Gasteiger partial charge in [0, 0.05) is 12.1 Å². The van der Waals surface area contributed by atoms with Crippen LogP contribution in [0, 0.1) is 12.7 Å². The van der Waals surface area contributed by atoms with E-state index < -0.39 is 15.8 Å². The number of hydrogen-bond donors (Lipinski definition) is 0. The SMILES string of the molecule is COc1ccc(OC)c(C2CCCN2S(=O)(=O)c2ccc(C)c(F)c2)c1. The molecule has 0 bridgehead atoms. The first-order valence-electron chi connectivity index (χ1n) is 8.38. The molecule has 2 aromatic carbocycles. The molecule has 1 aliphatic heterocycles. The molecule has 1 saturated heterocycles. The van der Waals surface area contributed by atoms with E-state index in [4.69, 9.17) is 9.47 Å². The Hall–Kier alpha value is -2.12. The Morgan fingerprint density at radius 1 is 1.12 bits per heavy atom. The van der Waals surface area contributed by atoms with Crippen molar-refractivity contribution in [2.24, 2.45) is 0 Å². The first-order valence-corrected chi connectivity index (χ1v) is 9.82. The minimum Gasteiger partial charge on any atom is -0.497 e. The largest absolute Gasteiger partial charge is 0.497 e. The summed E-state index contributed by atoms with van der Waals surface area (Å²) in [6.45, 7) is 1.98. The molecule has 1 atom stereocenters. The average molecular weight is 379 g/mol. The second kappa shape index (κ2) is 7.25. The maximum atomic E-state index is 13.9. The lowest BCUT2D eigenvalue weighted by Crippen LogP contribution is -2.31. The lowest BCUT2D eigenvalue weighted by molar-refractivity contribution is 0.361. The van der Waals surface area contributed by atoms with Crippen LogP contribution in [-0.4, -0.2) is 33.5 Å². The highest BCUT2D eigenvalue weighted by Gasteiger charge is 2.38. The minimum atomic E-state index is -3.82. The van der Waals surface area contributed by atoms with E-state index in [9.17, 15) is 12.8 Å². The fourth-order valence-corrected chi connectivity index (χ4v) is 4.99. The van der Waals surface area contributed by atoms with Crippen molar-refractivity contribution in [3.05, 3.63) is 53.3 Å². The molecule has 3 rings (SSSR count). The zero-order valence-electron chi connectivity index (χ0n) is 15.0. The lowest BCUT2D eigenvalue weighted by atomic mass is 10.0. The topological polar surface area (TPSA) is 55.8 Å². The lowest BCUT2D eigenvalue weighted by Gasteiger charge is -2.26. The molecule has 5 nitrogen and oxygen atoms in total. The van der Waals surface area contributed by atoms with Gasteiger partial charge in [0.1, 0.15) is 17.3 Å². The number of ether oxygens (including phenoxy) is 2. The van der Waals surface area contributed by atoms with E-state index in [2.05, 4.69) is 0 Å². The Labute approximate surface area is 153 Å². The van der Waals surface area contributed by atoms with Crippen LogP contribution >= 0.6 is 0 Å². The van der Waals surface area contributed by atoms with Crippen molar-refractivity contribution >= 4 is 10.0 Å². The van der Waals surface area contributed by atoms with Gasteiger partial charge in [-0.2, -0.15) is 4.31 Å². The van der Waals surface area contributed by atoms with Crippen LogP contribution in [0.15, 0.2) is 41.3 Å². The fourth-order valence-electron chi connectivity index (χ4n) is 3.31. The number of nitrogens with zero attached hydrogens (tertiary/aromatic N) is 1. The van der Waals surface area contributed by atoms with Gasteiger partial charge in [0.05, 0.1) is 25.2 Å². The summed E-state index contributed by atoms with van der Waals surface area (Å²) in [4.78, 5) is -0.0330. The normalized spacial score (nSPS) is 18.1. The standard InChI is InChI=1S/C19H22FNO4S/c1-13-6-8-15(12-17(13)20)26(22,23)21-10-4-5-18(21)16-11-14(24-2)7-9-19(16)25-3/h6-9,11-12,18H,4-5,10H2,1-3H3. The molecular formula is C19H22FNO4S. The zero-order valence-corrected chi connectivity index (χ0v) is 15.8. The quantitative estimate of drug-likeness (QED) is 0.795. The summed E-state index contributed by atoms with van der Waals surface area (Å²) in [6, 6.07) is 8.98. The van der Waals surface area contributed by atoms with Crippen molar-refractivity contribution in [2.45, 2.75) is 30.7 Å². The summed E-state index contributed by atoms with van der Waals surface area (Å²) in [6.07, 6.45) is 1.38. The Bertz CT molecular complexity index is 914. The number of hydrogen-bond acceptors (Lipinski definition) is 4. The van der Waals surface area contributed by atoms with Gasteiger partial charge in [-0.15, -0.1) is 0 Å². The van der Waals surface area contributed by atoms with Crippen molar-refractivity contribution in [1.82, 2.24) is 4.31 Å². The number of aryl methyl sites for hydroxylation is 1. The molecule has 1 heterocycles. The molecule has 0 saturated carbocycles. The fraction of sp³-hybridized carbons (Fsp3) is 0.368. The summed E-state index contributed by atoms with van der Waals surface area (Å²) in [7, 11) is -0.713. The molecule has 0 aromatic heterocycles. The van der Waals surface area contributed by atoms with Gasteiger partial charge in [-0.3, -0.25) is 0 Å². The number of methoxy groups -OCH3 is 2. The van der Waals surface area contributed by atoms with E-state index in [-0.39, 0.29) is 10.9 Å². The Balaban J connectivity index is 2.04. The van der Waals surface area contributed by atoms with Gasteiger partial charge in [0.15, 0.2) is 0 Å². The first kappa shape index (κ1) is 18.7. The average Bonchev–Trinajstić information content (AvgIpc) is 3.13. The third-order valence-electron chi connectivity index (χ3n) is 4.75. The molecule has 1 aliphatic rings. The summed E-state index contributed by atoms with van der Waals surface area (Å²) < 4.78 is 52.3. The van der Waals surface area contributed by atoms with Crippen LogP contribution in [0.5, 0.6) is 11.5 Å². The molecule has 0 radical (unpaired) electrons. The molecule has 0 aliphatic carbocycles. The van der Waals surface area contributed by atoms with Gasteiger partial charge >= 0.3 is 0 Å². The molecule has 1 unspecified atom stereocenters. The summed E-state index contributed by atoms with van der Waals surface area (Å²) in [5, 5.41) is 0. The van der Waals surface area contributed by atoms with Crippen molar-refractivity contribution < 1.29 is 22.3 Å². The Morgan fingerprint density at radius 2 is 1.88 bits per heavy atom. The van der Waals surface area contributed by atoms with Gasteiger partial charge in [-0.05, 0) is 55.7 Å². The molecule has 0 amide bonds. The highest BCUT2D eigenvalue weighted by molar-refractivity contribution is 7.89. The molecule has 7 heteroatoms. The van der Waals surface area contributed by atoms with Crippen LogP contribution in [-0.2, 0) is 10.0 Å². The Morgan fingerprint density at radius 3 is 2.54 bits per heavy atom. The van der Waals surface area contributed by atoms with E-state index in [1.165, 1.54) is 16.4 Å². The van der Waals surface area contributed by atoms with Crippen LogP contribution < -0.4 is 9.47 Å². The second-order valence-electron chi connectivity index (χ2n) is 6.29. The van der Waals surface area contributed by atoms with Crippen molar-refractivity contribution in [1.29, 1.82) is 0 Å². The molecule has 1 fully saturated rings. The van der Waals surface area contributed by atoms with Gasteiger partial charge in [0.2, 0.25) is 10.0 Å². The molecular weight excluding hydrogens is 357 g/mol. The van der Waals surface area contributed by atoms with Gasteiger partial charge < -0.3 is 9.47 Å². The highest BCUT2D eigenvalue weighted by Crippen LogP contribution is 2.41. The summed E-state index contributed by atoms with van der Waals surface area (Å²) >= 11 is 0. The van der Waals surface area contributed by atoms with E-state index in [0.29, 0.717) is 30.0 Å². The molecule has 0 N–H and O–H groups in total. The predicted molar refractivity (Wildman–Crippen MR) is 96.5 cm³/mol. The smallest absolute Gasteiger partial charge is 0.243 e. The van der Waals surface area contributed by atoms with Gasteiger partial charge in [0.25, 0.3) is 0 Å². The second-order valence-corrected chi connectivity index (χ2v) is 8.18. The van der Waals surface area contributed by atoms with Gasteiger partial charge in [-0.1, -0.05) is 6.07 Å². The molecule has 26 heavy (non-hydrogen) atoms. The number of benzene rings is 2. The van der Waals surface area contributed by atoms with E-state index in [0.717, 1.165) is 18.1 Å². The van der Waals surface area contributed by atoms with Crippen LogP contribution in [0.4, 0.5) is 4.39 Å². The maximum Gasteiger partial charge on any atom is 0.243 e. The predicted octanol–water partition coefficient (Wildman–Crippen LogP) is 3.68. The van der Waals surface area contributed by atoms with Crippen molar-refractivity contribution in [2.75, 3.05) is 20.8 Å². The minimum absolute atomic E-state index is 0.0330. The van der Waals surface area contributed by atoms with E-state index in [1.807, 2.05) is 0 Å². The zero-order chi connectivity index (χ0) is 18.9. The molecule has 0 spiro atoms. The maximum absolute atomic E-state index is 13.9. The number of sulfonamides is 1. The summed E-state index contributed by atoms with van der Waals surface area (Å²) in [5.41, 5.74) is 1.16. The molecule has 2 aromatic rings. The van der Waals surface area contributed by atoms with E-state index >= 15 is 0 Å². The van der Waals surface area contributed by atoms with Crippen molar-refractivity contribution in [3.8, 4) is 11.5 Å². The summed E-state index contributed by atoms with van der Waals surface area (Å²) in [5.74, 6) is 0.709. The Kier molecular flexibility index (Phi) is 5.20. The number of rotatable bonds is 5. The third kappa shape index (κ3) is 3.29. The number of halogens is 1. The van der Waals surface area contributed by atoms with Crippen LogP contribution in [0.2, 0.25) is 0 Å².